The predicted octanol–water partition coefficient (Wildman–Crippen LogP) is 5.69. The molecule has 0 aliphatic carbocycles. The lowest BCUT2D eigenvalue weighted by molar-refractivity contribution is 0.0992. The van der Waals surface area contributed by atoms with Gasteiger partial charge >= 0.3 is 0 Å². The number of aryl methyl sites for hydroxylation is 1. The second-order valence-corrected chi connectivity index (χ2v) is 7.61. The van der Waals surface area contributed by atoms with E-state index in [-0.39, 0.29) is 5.91 Å². The molecule has 0 bridgehead atoms. The third-order valence-corrected chi connectivity index (χ3v) is 5.98. The van der Waals surface area contributed by atoms with Crippen molar-refractivity contribution in [2.24, 2.45) is 0 Å². The average Bonchev–Trinajstić information content (AvgIpc) is 3.15. The quantitative estimate of drug-likeness (QED) is 0.440. The van der Waals surface area contributed by atoms with Gasteiger partial charge < -0.3 is 9.64 Å². The van der Waals surface area contributed by atoms with Crippen molar-refractivity contribution in [1.82, 2.24) is 4.98 Å². The zero-order valence-electron chi connectivity index (χ0n) is 16.2. The van der Waals surface area contributed by atoms with Crippen LogP contribution in [-0.2, 0) is 6.42 Å². The lowest BCUT2D eigenvalue weighted by Gasteiger charge is -2.23. The number of fused-ring (bicyclic) bond motifs is 2. The Morgan fingerprint density at radius 1 is 1.07 bits per heavy atom. The molecule has 0 saturated heterocycles. The van der Waals surface area contributed by atoms with Crippen LogP contribution in [0, 0.1) is 0 Å². The smallest absolute Gasteiger partial charge is 0.268 e. The zero-order valence-corrected chi connectivity index (χ0v) is 17.0. The van der Waals surface area contributed by atoms with E-state index in [0.29, 0.717) is 11.4 Å². The number of benzene rings is 2. The maximum Gasteiger partial charge on any atom is 0.268 e. The molecular formula is C23H22N2O2S. The Morgan fingerprint density at radius 3 is 2.64 bits per heavy atom. The van der Waals surface area contributed by atoms with Gasteiger partial charge in [-0.1, -0.05) is 25.1 Å². The second-order valence-electron chi connectivity index (χ2n) is 6.58. The highest BCUT2D eigenvalue weighted by Crippen LogP contribution is 2.31. The molecule has 142 valence electrons. The summed E-state index contributed by atoms with van der Waals surface area (Å²) in [5.74, 6) is 0.800. The van der Waals surface area contributed by atoms with Gasteiger partial charge in [0.25, 0.3) is 5.91 Å². The van der Waals surface area contributed by atoms with Crippen LogP contribution < -0.4 is 9.64 Å². The molecule has 0 atom stereocenters. The van der Waals surface area contributed by atoms with Crippen LogP contribution in [0.5, 0.6) is 5.75 Å². The molecule has 2 aromatic heterocycles. The van der Waals surface area contributed by atoms with E-state index >= 15 is 0 Å². The van der Waals surface area contributed by atoms with Crippen LogP contribution in [0.15, 0.2) is 54.6 Å². The fraction of sp³-hybridized carbons (Fsp3) is 0.217. The Morgan fingerprint density at radius 2 is 1.89 bits per heavy atom. The molecule has 1 amide bonds. The molecule has 0 N–H and O–H groups in total. The van der Waals surface area contributed by atoms with Crippen LogP contribution in [-0.4, -0.2) is 24.5 Å². The van der Waals surface area contributed by atoms with E-state index in [2.05, 4.69) is 19.1 Å². The molecule has 2 aromatic carbocycles. The van der Waals surface area contributed by atoms with Gasteiger partial charge in [-0.3, -0.25) is 4.79 Å². The molecule has 4 nitrogen and oxygen atoms in total. The Hall–Kier alpha value is -2.92. The number of pyridine rings is 1. The van der Waals surface area contributed by atoms with Gasteiger partial charge in [-0.2, -0.15) is 0 Å². The zero-order chi connectivity index (χ0) is 19.7. The highest BCUT2D eigenvalue weighted by molar-refractivity contribution is 7.20. The number of nitrogens with zero attached hydrogens (tertiary/aromatic N) is 2. The first kappa shape index (κ1) is 18.4. The minimum absolute atomic E-state index is 0.0213. The van der Waals surface area contributed by atoms with Crippen molar-refractivity contribution in [3.05, 3.63) is 65.0 Å². The van der Waals surface area contributed by atoms with Crippen LogP contribution >= 0.6 is 11.3 Å². The number of carbonyl (C=O) groups is 1. The van der Waals surface area contributed by atoms with Gasteiger partial charge in [-0.25, -0.2) is 4.98 Å². The number of amides is 1. The standard InChI is InChI=1S/C23H22N2O2S/c1-4-15-8-6-7-9-20(15)25(5-2)23(26)21-13-17-12-16-10-11-18(27-3)14-19(16)24-22(17)28-21/h6-14H,4-5H2,1-3H3. The molecule has 0 saturated carbocycles. The lowest BCUT2D eigenvalue weighted by Crippen LogP contribution is -2.30. The maximum absolute atomic E-state index is 13.3. The number of rotatable bonds is 5. The molecule has 5 heteroatoms. The summed E-state index contributed by atoms with van der Waals surface area (Å²) in [6.45, 7) is 4.74. The Balaban J connectivity index is 1.76. The first-order chi connectivity index (χ1) is 13.6. The van der Waals surface area contributed by atoms with Crippen LogP contribution in [0.2, 0.25) is 0 Å². The van der Waals surface area contributed by atoms with E-state index in [0.717, 1.165) is 39.0 Å². The molecule has 4 aromatic rings. The largest absolute Gasteiger partial charge is 0.497 e. The van der Waals surface area contributed by atoms with Gasteiger partial charge in [0, 0.05) is 29.1 Å². The van der Waals surface area contributed by atoms with Gasteiger partial charge in [0.05, 0.1) is 17.5 Å². The third-order valence-electron chi connectivity index (χ3n) is 4.95. The third kappa shape index (κ3) is 3.22. The maximum atomic E-state index is 13.3. The SMILES string of the molecule is CCc1ccccc1N(CC)C(=O)c1cc2cc3ccc(OC)cc3nc2s1. The minimum atomic E-state index is 0.0213. The molecule has 0 spiro atoms. The number of anilines is 1. The molecule has 0 fully saturated rings. The van der Waals surface area contributed by atoms with Gasteiger partial charge in [-0.05, 0) is 49.2 Å². The first-order valence-corrected chi connectivity index (χ1v) is 10.2. The van der Waals surface area contributed by atoms with E-state index < -0.39 is 0 Å². The van der Waals surface area contributed by atoms with Gasteiger partial charge in [0.15, 0.2) is 0 Å². The number of ether oxygens (including phenoxy) is 1. The first-order valence-electron chi connectivity index (χ1n) is 9.42. The Bertz CT molecular complexity index is 1170. The van der Waals surface area contributed by atoms with Gasteiger partial charge in [0.1, 0.15) is 10.6 Å². The molecule has 2 heterocycles. The molecule has 0 aliphatic heterocycles. The van der Waals surface area contributed by atoms with Crippen LogP contribution in [0.25, 0.3) is 21.1 Å². The van der Waals surface area contributed by atoms with E-state index in [4.69, 9.17) is 9.72 Å². The van der Waals surface area contributed by atoms with Crippen molar-refractivity contribution in [2.75, 3.05) is 18.6 Å². The van der Waals surface area contributed by atoms with E-state index in [1.807, 2.05) is 54.3 Å². The molecule has 4 rings (SSSR count). The number of thiophene rings is 1. The van der Waals surface area contributed by atoms with E-state index in [1.54, 1.807) is 7.11 Å². The monoisotopic (exact) mass is 390 g/mol. The van der Waals surface area contributed by atoms with Crippen molar-refractivity contribution >= 4 is 44.1 Å². The van der Waals surface area contributed by atoms with E-state index in [9.17, 15) is 4.79 Å². The molecule has 0 aliphatic rings. The minimum Gasteiger partial charge on any atom is -0.497 e. The van der Waals surface area contributed by atoms with Gasteiger partial charge in [-0.15, -0.1) is 11.3 Å². The number of hydrogen-bond donors (Lipinski definition) is 0. The summed E-state index contributed by atoms with van der Waals surface area (Å²) in [4.78, 5) is 21.5. The van der Waals surface area contributed by atoms with Crippen molar-refractivity contribution < 1.29 is 9.53 Å². The predicted molar refractivity (Wildman–Crippen MR) is 117 cm³/mol. The summed E-state index contributed by atoms with van der Waals surface area (Å²) in [6, 6.07) is 18.0. The van der Waals surface area contributed by atoms with Crippen molar-refractivity contribution in [2.45, 2.75) is 20.3 Å². The highest BCUT2D eigenvalue weighted by Gasteiger charge is 2.21. The topological polar surface area (TPSA) is 42.4 Å². The number of carbonyl (C=O) groups excluding carboxylic acids is 1. The summed E-state index contributed by atoms with van der Waals surface area (Å²) in [5.41, 5.74) is 3.03. The van der Waals surface area contributed by atoms with Crippen LogP contribution in [0.4, 0.5) is 5.69 Å². The number of aromatic nitrogens is 1. The summed E-state index contributed by atoms with van der Waals surface area (Å²) in [7, 11) is 1.65. The summed E-state index contributed by atoms with van der Waals surface area (Å²) < 4.78 is 5.30. The number of hydrogen-bond acceptors (Lipinski definition) is 4. The summed E-state index contributed by atoms with van der Waals surface area (Å²) in [5, 5.41) is 2.03. The molecular weight excluding hydrogens is 368 g/mol. The fourth-order valence-corrected chi connectivity index (χ4v) is 4.44. The molecule has 28 heavy (non-hydrogen) atoms. The summed E-state index contributed by atoms with van der Waals surface area (Å²) >= 11 is 1.44. The second kappa shape index (κ2) is 7.60. The van der Waals surface area contributed by atoms with Crippen LogP contribution in [0.1, 0.15) is 29.1 Å². The number of para-hydroxylation sites is 1. The Kier molecular flexibility index (Phi) is 5.01. The van der Waals surface area contributed by atoms with Crippen LogP contribution in [0.3, 0.4) is 0 Å². The highest BCUT2D eigenvalue weighted by atomic mass is 32.1. The van der Waals surface area contributed by atoms with Crippen molar-refractivity contribution in [1.29, 1.82) is 0 Å². The Labute approximate surface area is 168 Å². The normalized spacial score (nSPS) is 11.1. The van der Waals surface area contributed by atoms with Crippen molar-refractivity contribution in [3.8, 4) is 5.75 Å². The lowest BCUT2D eigenvalue weighted by atomic mass is 10.1. The molecule has 0 radical (unpaired) electrons. The molecule has 0 unspecified atom stereocenters. The summed E-state index contributed by atoms with van der Waals surface area (Å²) in [6.07, 6.45) is 0.890. The number of methoxy groups -OCH3 is 1. The van der Waals surface area contributed by atoms with Gasteiger partial charge in [0.2, 0.25) is 0 Å². The average molecular weight is 391 g/mol. The van der Waals surface area contributed by atoms with E-state index in [1.165, 1.54) is 16.9 Å². The fourth-order valence-electron chi connectivity index (χ4n) is 3.47. The van der Waals surface area contributed by atoms with Crippen molar-refractivity contribution in [3.63, 3.8) is 0 Å².